The molecule has 3 unspecified atom stereocenters. The maximum atomic E-state index is 13.4. The van der Waals surface area contributed by atoms with Crippen LogP contribution in [0.2, 0.25) is 0 Å². The van der Waals surface area contributed by atoms with Gasteiger partial charge < -0.3 is 25.4 Å². The molecule has 1 saturated carbocycles. The Labute approximate surface area is 179 Å². The Morgan fingerprint density at radius 2 is 2.00 bits per heavy atom. The standard InChI is InChI=1S/C20H30BrN3O5/c1-22-17(26)13-14-19(28)24(8-5-9-25)16(20(14)10-12(21)15(13)29-20)18(27)23-11-6-3-2-4-7-11/h11-16,25H,2-10H2,1H3,(H,22,26)(H,23,27)/t12?,13-,14+,15-,16?,20?/m1/s1. The molecule has 8 nitrogen and oxygen atoms in total. The van der Waals surface area contributed by atoms with Crippen LogP contribution in [-0.4, -0.2) is 76.5 Å². The van der Waals surface area contributed by atoms with E-state index in [0.29, 0.717) is 12.8 Å². The number of alkyl halides is 1. The normalized spacial score (nSPS) is 38.9. The molecule has 2 bridgehead atoms. The molecule has 4 aliphatic rings. The minimum absolute atomic E-state index is 0.0676. The van der Waals surface area contributed by atoms with Gasteiger partial charge in [-0.05, 0) is 25.7 Å². The van der Waals surface area contributed by atoms with E-state index >= 15 is 0 Å². The van der Waals surface area contributed by atoms with Crippen LogP contribution in [0.25, 0.3) is 0 Å². The van der Waals surface area contributed by atoms with Crippen molar-refractivity contribution in [2.45, 2.75) is 73.6 Å². The van der Waals surface area contributed by atoms with Crippen molar-refractivity contribution in [1.29, 1.82) is 0 Å². The first-order chi connectivity index (χ1) is 13.9. The molecule has 29 heavy (non-hydrogen) atoms. The molecule has 0 radical (unpaired) electrons. The van der Waals surface area contributed by atoms with Crippen molar-refractivity contribution in [3.8, 4) is 0 Å². The number of ether oxygens (including phenoxy) is 1. The number of nitrogens with zero attached hydrogens (tertiary/aromatic N) is 1. The molecule has 3 aliphatic heterocycles. The first-order valence-corrected chi connectivity index (χ1v) is 11.6. The quantitative estimate of drug-likeness (QED) is 0.483. The number of hydrogen-bond acceptors (Lipinski definition) is 5. The second-order valence-corrected chi connectivity index (χ2v) is 9.91. The molecule has 3 amide bonds. The fraction of sp³-hybridized carbons (Fsp3) is 0.850. The van der Waals surface area contributed by atoms with Crippen LogP contribution in [0.15, 0.2) is 0 Å². The predicted octanol–water partition coefficient (Wildman–Crippen LogP) is 0.312. The number of fused-ring (bicyclic) bond motifs is 1. The summed E-state index contributed by atoms with van der Waals surface area (Å²) in [4.78, 5) is 40.9. The first kappa shape index (κ1) is 21.1. The van der Waals surface area contributed by atoms with E-state index in [0.717, 1.165) is 25.7 Å². The van der Waals surface area contributed by atoms with Gasteiger partial charge in [-0.15, -0.1) is 0 Å². The summed E-state index contributed by atoms with van der Waals surface area (Å²) in [6.45, 7) is 0.208. The smallest absolute Gasteiger partial charge is 0.246 e. The summed E-state index contributed by atoms with van der Waals surface area (Å²) < 4.78 is 6.34. The van der Waals surface area contributed by atoms with Crippen LogP contribution in [0, 0.1) is 11.8 Å². The summed E-state index contributed by atoms with van der Waals surface area (Å²) >= 11 is 3.63. The van der Waals surface area contributed by atoms with Crippen molar-refractivity contribution in [2.75, 3.05) is 20.2 Å². The van der Waals surface area contributed by atoms with Gasteiger partial charge in [0.1, 0.15) is 11.6 Å². The van der Waals surface area contributed by atoms with Crippen LogP contribution in [0.1, 0.15) is 44.9 Å². The van der Waals surface area contributed by atoms with Gasteiger partial charge in [-0.3, -0.25) is 14.4 Å². The van der Waals surface area contributed by atoms with Gasteiger partial charge in [-0.25, -0.2) is 0 Å². The molecular weight excluding hydrogens is 442 g/mol. The van der Waals surface area contributed by atoms with Gasteiger partial charge in [0.2, 0.25) is 17.7 Å². The fourth-order valence-corrected chi connectivity index (χ4v) is 6.85. The molecule has 0 aromatic carbocycles. The summed E-state index contributed by atoms with van der Waals surface area (Å²) in [6, 6.07) is -0.650. The predicted molar refractivity (Wildman–Crippen MR) is 108 cm³/mol. The molecule has 4 rings (SSSR count). The topological polar surface area (TPSA) is 108 Å². The van der Waals surface area contributed by atoms with Crippen LogP contribution in [0.5, 0.6) is 0 Å². The Hall–Kier alpha value is -1.19. The summed E-state index contributed by atoms with van der Waals surface area (Å²) in [5.41, 5.74) is -0.999. The zero-order valence-electron chi connectivity index (χ0n) is 16.7. The molecule has 3 heterocycles. The highest BCUT2D eigenvalue weighted by molar-refractivity contribution is 9.09. The number of halogens is 1. The molecule has 1 aliphatic carbocycles. The summed E-state index contributed by atoms with van der Waals surface area (Å²) in [5, 5.41) is 15.1. The van der Waals surface area contributed by atoms with Crippen LogP contribution < -0.4 is 10.6 Å². The SMILES string of the molecule is CNC(=O)[C@H]1[C@@H]2OC3(CC2Br)C(C(=O)NC2CCCCC2)N(CCCO)C(=O)[C@H]13. The number of aliphatic hydroxyl groups is 1. The molecule has 3 N–H and O–H groups in total. The Balaban J connectivity index is 1.66. The van der Waals surface area contributed by atoms with Crippen molar-refractivity contribution in [2.24, 2.45) is 11.8 Å². The number of hydrogen-bond donors (Lipinski definition) is 3. The van der Waals surface area contributed by atoms with Crippen LogP contribution in [-0.2, 0) is 19.1 Å². The zero-order chi connectivity index (χ0) is 20.8. The third-order valence-corrected chi connectivity index (χ3v) is 7.94. The van der Waals surface area contributed by atoms with E-state index in [1.165, 1.54) is 6.42 Å². The van der Waals surface area contributed by atoms with Crippen molar-refractivity contribution >= 4 is 33.7 Å². The molecule has 162 valence electrons. The lowest BCUT2D eigenvalue weighted by molar-refractivity contribution is -0.142. The third-order valence-electron chi connectivity index (χ3n) is 7.10. The van der Waals surface area contributed by atoms with E-state index < -0.39 is 29.6 Å². The maximum Gasteiger partial charge on any atom is 0.246 e. The number of rotatable bonds is 6. The number of aliphatic hydroxyl groups excluding tert-OH is 1. The molecule has 0 aromatic rings. The summed E-state index contributed by atoms with van der Waals surface area (Å²) in [5.74, 6) is -1.91. The first-order valence-electron chi connectivity index (χ1n) is 10.7. The monoisotopic (exact) mass is 471 g/mol. The highest BCUT2D eigenvalue weighted by Crippen LogP contribution is 2.59. The average molecular weight is 472 g/mol. The molecule has 9 heteroatoms. The van der Waals surface area contributed by atoms with E-state index in [4.69, 9.17) is 4.74 Å². The molecule has 6 atom stereocenters. The van der Waals surface area contributed by atoms with Gasteiger partial charge in [0.15, 0.2) is 0 Å². The molecular formula is C20H30BrN3O5. The van der Waals surface area contributed by atoms with Gasteiger partial charge in [0, 0.05) is 31.1 Å². The summed E-state index contributed by atoms with van der Waals surface area (Å²) in [6.07, 6.45) is 5.75. The van der Waals surface area contributed by atoms with Gasteiger partial charge in [0.25, 0.3) is 0 Å². The fourth-order valence-electron chi connectivity index (χ4n) is 5.90. The molecule has 4 fully saturated rings. The third kappa shape index (κ3) is 3.29. The number of carbonyl (C=O) groups excluding carboxylic acids is 3. The van der Waals surface area contributed by atoms with Gasteiger partial charge in [0.05, 0.1) is 17.9 Å². The Morgan fingerprint density at radius 3 is 2.66 bits per heavy atom. The van der Waals surface area contributed by atoms with Gasteiger partial charge in [-0.2, -0.15) is 0 Å². The minimum Gasteiger partial charge on any atom is -0.396 e. The van der Waals surface area contributed by atoms with Crippen molar-refractivity contribution < 1.29 is 24.2 Å². The highest BCUT2D eigenvalue weighted by Gasteiger charge is 2.76. The second kappa shape index (κ2) is 8.15. The zero-order valence-corrected chi connectivity index (χ0v) is 18.3. The highest BCUT2D eigenvalue weighted by atomic mass is 79.9. The van der Waals surface area contributed by atoms with E-state index in [9.17, 15) is 19.5 Å². The van der Waals surface area contributed by atoms with Crippen molar-refractivity contribution in [3.63, 3.8) is 0 Å². The largest absolute Gasteiger partial charge is 0.396 e. The second-order valence-electron chi connectivity index (χ2n) is 8.73. The van der Waals surface area contributed by atoms with E-state index in [2.05, 4.69) is 26.6 Å². The summed E-state index contributed by atoms with van der Waals surface area (Å²) in [7, 11) is 1.56. The Morgan fingerprint density at radius 1 is 1.28 bits per heavy atom. The molecule has 0 aromatic heterocycles. The van der Waals surface area contributed by atoms with E-state index in [1.54, 1.807) is 11.9 Å². The van der Waals surface area contributed by atoms with Crippen molar-refractivity contribution in [1.82, 2.24) is 15.5 Å². The Bertz CT molecular complexity index is 685. The van der Waals surface area contributed by atoms with Crippen LogP contribution in [0.4, 0.5) is 0 Å². The van der Waals surface area contributed by atoms with Gasteiger partial charge in [-0.1, -0.05) is 35.2 Å². The Kier molecular flexibility index (Phi) is 5.92. The average Bonchev–Trinajstić information content (AvgIpc) is 3.30. The van der Waals surface area contributed by atoms with E-state index in [-0.39, 0.29) is 41.7 Å². The van der Waals surface area contributed by atoms with Gasteiger partial charge >= 0.3 is 0 Å². The van der Waals surface area contributed by atoms with E-state index in [1.807, 2.05) is 0 Å². The lowest BCUT2D eigenvalue weighted by atomic mass is 9.70. The number of nitrogens with one attached hydrogen (secondary N) is 2. The molecule has 1 spiro atoms. The van der Waals surface area contributed by atoms with Crippen LogP contribution in [0.3, 0.4) is 0 Å². The van der Waals surface area contributed by atoms with Crippen molar-refractivity contribution in [3.05, 3.63) is 0 Å². The number of likely N-dealkylation sites (tertiary alicyclic amines) is 1. The maximum absolute atomic E-state index is 13.4. The lowest BCUT2D eigenvalue weighted by Crippen LogP contribution is -2.57. The number of carbonyl (C=O) groups is 3. The number of amides is 3. The lowest BCUT2D eigenvalue weighted by Gasteiger charge is -2.35. The van der Waals surface area contributed by atoms with Crippen LogP contribution >= 0.6 is 15.9 Å². The minimum atomic E-state index is -0.999. The molecule has 3 saturated heterocycles.